The zero-order chi connectivity index (χ0) is 21.2. The van der Waals surface area contributed by atoms with Gasteiger partial charge < -0.3 is 25.2 Å². The van der Waals surface area contributed by atoms with Gasteiger partial charge in [-0.1, -0.05) is 12.2 Å². The van der Waals surface area contributed by atoms with Crippen LogP contribution in [0, 0.1) is 11.8 Å². The van der Waals surface area contributed by atoms with Gasteiger partial charge >= 0.3 is 5.97 Å². The van der Waals surface area contributed by atoms with Crippen molar-refractivity contribution in [2.45, 2.75) is 61.4 Å². The zero-order valence-electron chi connectivity index (χ0n) is 17.1. The number of amides is 2. The van der Waals surface area contributed by atoms with Gasteiger partial charge in [-0.05, 0) is 32.6 Å². The third-order valence-electron chi connectivity index (χ3n) is 6.28. The predicted molar refractivity (Wildman–Crippen MR) is 108 cm³/mol. The number of aliphatic hydroxyl groups excluding tert-OH is 1. The first kappa shape index (κ1) is 22.1. The van der Waals surface area contributed by atoms with E-state index < -0.39 is 33.7 Å². The van der Waals surface area contributed by atoms with E-state index in [1.165, 1.54) is 14.0 Å². The monoisotopic (exact) mass is 426 g/mol. The first-order chi connectivity index (χ1) is 13.7. The SMILES string of the molecule is COC(=O)C(CNC(C)=O)S[C@]1([C@@H](O)[C@@H]2C=CCCC2)NC(=O)C2CCO[C@@]21C. The molecule has 1 aliphatic carbocycles. The normalized spacial score (nSPS) is 35.5. The van der Waals surface area contributed by atoms with Crippen LogP contribution in [0.3, 0.4) is 0 Å². The third-order valence-corrected chi connectivity index (χ3v) is 8.04. The summed E-state index contributed by atoms with van der Waals surface area (Å²) in [5.74, 6) is -1.57. The molecular formula is C20H30N2O6S. The molecule has 9 heteroatoms. The lowest BCUT2D eigenvalue weighted by Crippen LogP contribution is -2.64. The van der Waals surface area contributed by atoms with Crippen LogP contribution in [0.1, 0.15) is 39.5 Å². The molecular weight excluding hydrogens is 396 g/mol. The van der Waals surface area contributed by atoms with Crippen LogP contribution in [0.4, 0.5) is 0 Å². The Morgan fingerprint density at radius 2 is 2.24 bits per heavy atom. The van der Waals surface area contributed by atoms with Crippen LogP contribution in [0.2, 0.25) is 0 Å². The average molecular weight is 427 g/mol. The molecule has 2 unspecified atom stereocenters. The van der Waals surface area contributed by atoms with Gasteiger partial charge in [0.05, 0.1) is 19.1 Å². The van der Waals surface area contributed by atoms with Crippen LogP contribution >= 0.6 is 11.8 Å². The number of hydrogen-bond acceptors (Lipinski definition) is 7. The van der Waals surface area contributed by atoms with Crippen molar-refractivity contribution >= 4 is 29.5 Å². The second-order valence-corrected chi connectivity index (χ2v) is 9.50. The van der Waals surface area contributed by atoms with Crippen molar-refractivity contribution in [3.8, 4) is 0 Å². The van der Waals surface area contributed by atoms with Crippen LogP contribution in [0.25, 0.3) is 0 Å². The van der Waals surface area contributed by atoms with E-state index >= 15 is 0 Å². The Balaban J connectivity index is 1.99. The van der Waals surface area contributed by atoms with E-state index in [2.05, 4.69) is 10.6 Å². The topological polar surface area (TPSA) is 114 Å². The number of esters is 1. The van der Waals surface area contributed by atoms with E-state index in [1.807, 2.05) is 19.1 Å². The minimum Gasteiger partial charge on any atom is -0.468 e. The van der Waals surface area contributed by atoms with Gasteiger partial charge in [-0.25, -0.2) is 0 Å². The average Bonchev–Trinajstić information content (AvgIpc) is 3.20. The van der Waals surface area contributed by atoms with Gasteiger partial charge in [-0.3, -0.25) is 14.4 Å². The third kappa shape index (κ3) is 3.92. The molecule has 3 N–H and O–H groups in total. The Kier molecular flexibility index (Phi) is 6.60. The van der Waals surface area contributed by atoms with E-state index in [4.69, 9.17) is 9.47 Å². The van der Waals surface area contributed by atoms with Crippen LogP contribution in [-0.2, 0) is 23.9 Å². The standard InChI is InChI=1S/C20H30N2O6S/c1-12(23)21-11-15(18(26)27-3)29-20(16(24)13-7-5-4-6-8-13)19(2)14(9-10-28-19)17(25)22-20/h5,7,13-16,24H,4,6,8-11H2,1-3H3,(H,21,23)(H,22,25)/t13-,14?,15?,16+,19+,20+/m1/s1. The molecule has 6 atom stereocenters. The van der Waals surface area contributed by atoms with E-state index in [0.717, 1.165) is 31.0 Å². The van der Waals surface area contributed by atoms with Gasteiger partial charge in [-0.15, -0.1) is 11.8 Å². The summed E-state index contributed by atoms with van der Waals surface area (Å²) in [5.41, 5.74) is -0.984. The Morgan fingerprint density at radius 1 is 1.48 bits per heavy atom. The minimum atomic E-state index is -1.24. The largest absolute Gasteiger partial charge is 0.468 e. The highest BCUT2D eigenvalue weighted by atomic mass is 32.2. The van der Waals surface area contributed by atoms with Gasteiger partial charge in [0.25, 0.3) is 0 Å². The molecule has 2 heterocycles. The lowest BCUT2D eigenvalue weighted by atomic mass is 9.78. The number of ether oxygens (including phenoxy) is 2. The smallest absolute Gasteiger partial charge is 0.320 e. The van der Waals surface area contributed by atoms with Crippen molar-refractivity contribution < 1.29 is 29.0 Å². The number of carbonyl (C=O) groups excluding carboxylic acids is 3. The molecule has 0 spiro atoms. The van der Waals surface area contributed by atoms with Crippen LogP contribution < -0.4 is 10.6 Å². The molecule has 0 aromatic rings. The number of methoxy groups -OCH3 is 1. The molecule has 162 valence electrons. The maximum absolute atomic E-state index is 12.8. The molecule has 0 aromatic heterocycles. The molecule has 0 bridgehead atoms. The fourth-order valence-corrected chi connectivity index (χ4v) is 6.38. The number of rotatable bonds is 7. The summed E-state index contributed by atoms with van der Waals surface area (Å²) in [6.45, 7) is 3.64. The first-order valence-corrected chi connectivity index (χ1v) is 10.9. The van der Waals surface area contributed by atoms with Crippen LogP contribution in [0.15, 0.2) is 12.2 Å². The molecule has 2 saturated heterocycles. The number of fused-ring (bicyclic) bond motifs is 1. The fraction of sp³-hybridized carbons (Fsp3) is 0.750. The summed E-state index contributed by atoms with van der Waals surface area (Å²) in [5, 5.41) is 16.4. The fourth-order valence-electron chi connectivity index (χ4n) is 4.66. The number of allylic oxidation sites excluding steroid dienone is 1. The van der Waals surface area contributed by atoms with Crippen molar-refractivity contribution in [2.75, 3.05) is 20.3 Å². The Bertz CT molecular complexity index is 700. The highest BCUT2D eigenvalue weighted by molar-refractivity contribution is 8.02. The van der Waals surface area contributed by atoms with Crippen LogP contribution in [-0.4, -0.2) is 65.0 Å². The molecule has 0 radical (unpaired) electrons. The summed E-state index contributed by atoms with van der Waals surface area (Å²) in [4.78, 5) is 35.5. The van der Waals surface area contributed by atoms with Crippen molar-refractivity contribution in [3.05, 3.63) is 12.2 Å². The predicted octanol–water partition coefficient (Wildman–Crippen LogP) is 0.736. The highest BCUT2D eigenvalue weighted by Crippen LogP contribution is 2.55. The lowest BCUT2D eigenvalue weighted by molar-refractivity contribution is -0.140. The maximum Gasteiger partial charge on any atom is 0.320 e. The van der Waals surface area contributed by atoms with Gasteiger partial charge in [0, 0.05) is 26.0 Å². The van der Waals surface area contributed by atoms with Gasteiger partial charge in [0.1, 0.15) is 15.7 Å². The van der Waals surface area contributed by atoms with Gasteiger partial charge in [0.2, 0.25) is 11.8 Å². The number of hydrogen-bond donors (Lipinski definition) is 3. The number of aliphatic hydroxyl groups is 1. The summed E-state index contributed by atoms with van der Waals surface area (Å²) in [7, 11) is 1.28. The van der Waals surface area contributed by atoms with E-state index in [9.17, 15) is 19.5 Å². The van der Waals surface area contributed by atoms with E-state index in [1.54, 1.807) is 0 Å². The second-order valence-electron chi connectivity index (χ2n) is 8.06. The summed E-state index contributed by atoms with van der Waals surface area (Å²) in [6, 6.07) is 0. The van der Waals surface area contributed by atoms with Crippen LogP contribution in [0.5, 0.6) is 0 Å². The quantitative estimate of drug-likeness (QED) is 0.406. The molecule has 29 heavy (non-hydrogen) atoms. The second kappa shape index (κ2) is 8.65. The number of carbonyl (C=O) groups is 3. The number of nitrogens with one attached hydrogen (secondary N) is 2. The molecule has 3 rings (SSSR count). The number of thioether (sulfide) groups is 1. The highest BCUT2D eigenvalue weighted by Gasteiger charge is 2.69. The maximum atomic E-state index is 12.8. The molecule has 0 aromatic carbocycles. The van der Waals surface area contributed by atoms with Gasteiger partial charge in [-0.2, -0.15) is 0 Å². The molecule has 2 amide bonds. The molecule has 2 fully saturated rings. The summed E-state index contributed by atoms with van der Waals surface area (Å²) < 4.78 is 11.0. The van der Waals surface area contributed by atoms with E-state index in [-0.39, 0.29) is 24.3 Å². The Labute approximate surface area is 175 Å². The van der Waals surface area contributed by atoms with E-state index in [0.29, 0.717) is 13.0 Å². The molecule has 2 aliphatic heterocycles. The van der Waals surface area contributed by atoms with Crippen molar-refractivity contribution in [3.63, 3.8) is 0 Å². The molecule has 8 nitrogen and oxygen atoms in total. The van der Waals surface area contributed by atoms with Crippen molar-refractivity contribution in [1.82, 2.24) is 10.6 Å². The zero-order valence-corrected chi connectivity index (χ0v) is 17.9. The summed E-state index contributed by atoms with van der Waals surface area (Å²) in [6.07, 6.45) is 6.30. The minimum absolute atomic E-state index is 0.0261. The molecule has 0 saturated carbocycles. The first-order valence-electron chi connectivity index (χ1n) is 10.1. The molecule has 3 aliphatic rings. The van der Waals surface area contributed by atoms with Crippen molar-refractivity contribution in [2.24, 2.45) is 11.8 Å². The Morgan fingerprint density at radius 3 is 2.86 bits per heavy atom. The van der Waals surface area contributed by atoms with Crippen molar-refractivity contribution in [1.29, 1.82) is 0 Å². The summed E-state index contributed by atoms with van der Waals surface area (Å²) >= 11 is 1.13. The lowest BCUT2D eigenvalue weighted by Gasteiger charge is -2.47. The Hall–Kier alpha value is -1.58. The van der Waals surface area contributed by atoms with Gasteiger partial charge in [0.15, 0.2) is 0 Å².